The van der Waals surface area contributed by atoms with Crippen LogP contribution in [0, 0.1) is 11.6 Å². The molecule has 22 heavy (non-hydrogen) atoms. The molecule has 0 aromatic heterocycles. The maximum absolute atomic E-state index is 13.3. The Kier molecular flexibility index (Phi) is 4.64. The van der Waals surface area contributed by atoms with Crippen LogP contribution in [0.4, 0.5) is 14.5 Å². The third-order valence-corrected chi connectivity index (χ3v) is 2.66. The molecule has 2 aromatic rings. The van der Waals surface area contributed by atoms with Crippen LogP contribution in [0.5, 0.6) is 0 Å². The number of nitrogens with two attached hydrogens (primary N) is 1. The molecule has 0 aliphatic heterocycles. The molecule has 0 unspecified atom stereocenters. The second-order valence-electron chi connectivity index (χ2n) is 4.16. The van der Waals surface area contributed by atoms with Crippen molar-refractivity contribution < 1.29 is 23.2 Å². The predicted octanol–water partition coefficient (Wildman–Crippen LogP) is 1.55. The lowest BCUT2D eigenvalue weighted by Gasteiger charge is -2.09. The topological polar surface area (TPSA) is 93.5 Å². The number of benzene rings is 2. The normalized spacial score (nSPS) is 10.1. The summed E-state index contributed by atoms with van der Waals surface area (Å²) in [7, 11) is 0. The maximum atomic E-state index is 13.3. The largest absolute Gasteiger partial charge is 0.398 e. The van der Waals surface area contributed by atoms with Crippen molar-refractivity contribution in [3.05, 3.63) is 65.2 Å². The molecule has 0 spiro atoms. The SMILES string of the molecule is Nc1ccc(F)cc1C(=O)ONNC(=O)c1ccccc1F. The fraction of sp³-hybridized carbons (Fsp3) is 0. The standard InChI is InChI=1S/C14H11F2N3O3/c15-8-5-6-12(17)10(7-8)14(21)22-19-18-13(20)9-3-1-2-4-11(9)16/h1-7,19H,17H2,(H,18,20). The summed E-state index contributed by atoms with van der Waals surface area (Å²) < 4.78 is 26.4. The van der Waals surface area contributed by atoms with Gasteiger partial charge in [-0.3, -0.25) is 10.2 Å². The Morgan fingerprint density at radius 1 is 1.05 bits per heavy atom. The average molecular weight is 307 g/mol. The molecular weight excluding hydrogens is 296 g/mol. The number of nitrogen functional groups attached to an aromatic ring is 1. The Hall–Kier alpha value is -3.00. The molecule has 0 atom stereocenters. The van der Waals surface area contributed by atoms with E-state index in [1.807, 2.05) is 11.0 Å². The fourth-order valence-electron chi connectivity index (χ4n) is 1.59. The van der Waals surface area contributed by atoms with E-state index in [0.717, 1.165) is 18.2 Å². The summed E-state index contributed by atoms with van der Waals surface area (Å²) in [5.74, 6) is -3.26. The van der Waals surface area contributed by atoms with Gasteiger partial charge in [0.05, 0.1) is 11.1 Å². The highest BCUT2D eigenvalue weighted by Crippen LogP contribution is 2.14. The van der Waals surface area contributed by atoms with E-state index in [-0.39, 0.29) is 16.8 Å². The molecule has 0 radical (unpaired) electrons. The van der Waals surface area contributed by atoms with Crippen LogP contribution < -0.4 is 16.7 Å². The third-order valence-electron chi connectivity index (χ3n) is 2.66. The first kappa shape index (κ1) is 15.4. The number of rotatable bonds is 4. The van der Waals surface area contributed by atoms with Gasteiger partial charge in [-0.15, -0.1) is 0 Å². The fourth-order valence-corrected chi connectivity index (χ4v) is 1.59. The quantitative estimate of drug-likeness (QED) is 0.588. The highest BCUT2D eigenvalue weighted by molar-refractivity contribution is 5.95. The zero-order chi connectivity index (χ0) is 16.1. The van der Waals surface area contributed by atoms with Gasteiger partial charge < -0.3 is 10.6 Å². The van der Waals surface area contributed by atoms with E-state index in [4.69, 9.17) is 5.73 Å². The van der Waals surface area contributed by atoms with Crippen molar-refractivity contribution in [1.29, 1.82) is 0 Å². The number of nitrogens with one attached hydrogen (secondary N) is 2. The Bertz CT molecular complexity index is 722. The first-order valence-electron chi connectivity index (χ1n) is 6.05. The average Bonchev–Trinajstić information content (AvgIpc) is 2.49. The van der Waals surface area contributed by atoms with E-state index < -0.39 is 23.5 Å². The number of anilines is 1. The van der Waals surface area contributed by atoms with Crippen molar-refractivity contribution >= 4 is 17.6 Å². The summed E-state index contributed by atoms with van der Waals surface area (Å²) in [6, 6.07) is 8.41. The summed E-state index contributed by atoms with van der Waals surface area (Å²) in [5.41, 5.74) is 8.88. The zero-order valence-corrected chi connectivity index (χ0v) is 11.1. The van der Waals surface area contributed by atoms with Crippen LogP contribution in [0.2, 0.25) is 0 Å². The monoisotopic (exact) mass is 307 g/mol. The molecule has 0 aliphatic carbocycles. The lowest BCUT2D eigenvalue weighted by Crippen LogP contribution is -2.39. The maximum Gasteiger partial charge on any atom is 0.360 e. The van der Waals surface area contributed by atoms with Gasteiger partial charge in [0.1, 0.15) is 11.6 Å². The van der Waals surface area contributed by atoms with Gasteiger partial charge in [0.2, 0.25) is 0 Å². The van der Waals surface area contributed by atoms with Gasteiger partial charge in [-0.05, 0) is 30.3 Å². The highest BCUT2D eigenvalue weighted by atomic mass is 19.1. The van der Waals surface area contributed by atoms with Crippen LogP contribution in [0.1, 0.15) is 20.7 Å². The molecule has 114 valence electrons. The molecule has 2 aromatic carbocycles. The van der Waals surface area contributed by atoms with E-state index >= 15 is 0 Å². The third kappa shape index (κ3) is 3.55. The van der Waals surface area contributed by atoms with Crippen molar-refractivity contribution in [2.45, 2.75) is 0 Å². The molecule has 8 heteroatoms. The molecule has 0 fully saturated rings. The molecule has 6 nitrogen and oxygen atoms in total. The molecule has 0 heterocycles. The van der Waals surface area contributed by atoms with Gasteiger partial charge in [-0.25, -0.2) is 13.6 Å². The minimum Gasteiger partial charge on any atom is -0.398 e. The highest BCUT2D eigenvalue weighted by Gasteiger charge is 2.14. The minimum absolute atomic E-state index is 0.00799. The number of carbonyl (C=O) groups is 2. The van der Waals surface area contributed by atoms with Crippen molar-refractivity contribution in [2.24, 2.45) is 0 Å². The Morgan fingerprint density at radius 2 is 1.77 bits per heavy atom. The second-order valence-corrected chi connectivity index (χ2v) is 4.16. The summed E-state index contributed by atoms with van der Waals surface area (Å²) in [5, 5.41) is 0. The molecular formula is C14H11F2N3O3. The molecule has 0 bridgehead atoms. The van der Waals surface area contributed by atoms with Crippen LogP contribution in [0.25, 0.3) is 0 Å². The van der Waals surface area contributed by atoms with E-state index in [1.165, 1.54) is 24.3 Å². The van der Waals surface area contributed by atoms with Gasteiger partial charge in [0, 0.05) is 5.69 Å². The predicted molar refractivity (Wildman–Crippen MR) is 73.2 cm³/mol. The van der Waals surface area contributed by atoms with E-state index in [9.17, 15) is 18.4 Å². The molecule has 0 saturated heterocycles. The number of carbonyl (C=O) groups excluding carboxylic acids is 2. The first-order chi connectivity index (χ1) is 10.5. The van der Waals surface area contributed by atoms with Gasteiger partial charge >= 0.3 is 5.97 Å². The van der Waals surface area contributed by atoms with Gasteiger partial charge in [-0.1, -0.05) is 17.7 Å². The van der Waals surface area contributed by atoms with Crippen LogP contribution in [-0.4, -0.2) is 11.9 Å². The molecule has 0 aliphatic rings. The number of hydrazine groups is 1. The van der Waals surface area contributed by atoms with Crippen molar-refractivity contribution in [3.8, 4) is 0 Å². The van der Waals surface area contributed by atoms with E-state index in [2.05, 4.69) is 4.84 Å². The summed E-state index contributed by atoms with van der Waals surface area (Å²) in [6.07, 6.45) is 0. The van der Waals surface area contributed by atoms with Crippen molar-refractivity contribution in [1.82, 2.24) is 11.0 Å². The van der Waals surface area contributed by atoms with Gasteiger partial charge in [0.25, 0.3) is 5.91 Å². The summed E-state index contributed by atoms with van der Waals surface area (Å²) in [6.45, 7) is 0. The lowest BCUT2D eigenvalue weighted by atomic mass is 10.2. The van der Waals surface area contributed by atoms with E-state index in [0.29, 0.717) is 0 Å². The zero-order valence-electron chi connectivity index (χ0n) is 11.1. The lowest BCUT2D eigenvalue weighted by molar-refractivity contribution is 0.0138. The Labute approximate surface area is 123 Å². The summed E-state index contributed by atoms with van der Waals surface area (Å²) in [4.78, 5) is 27.8. The number of amides is 1. The van der Waals surface area contributed by atoms with Crippen LogP contribution >= 0.6 is 0 Å². The Morgan fingerprint density at radius 3 is 2.50 bits per heavy atom. The second kappa shape index (κ2) is 6.64. The molecule has 4 N–H and O–H groups in total. The van der Waals surface area contributed by atoms with Gasteiger partial charge in [0.15, 0.2) is 0 Å². The van der Waals surface area contributed by atoms with Crippen LogP contribution in [-0.2, 0) is 4.84 Å². The molecule has 2 rings (SSSR count). The number of hydrogen-bond donors (Lipinski definition) is 3. The van der Waals surface area contributed by atoms with Crippen LogP contribution in [0.15, 0.2) is 42.5 Å². The number of halogens is 2. The minimum atomic E-state index is -1.01. The Balaban J connectivity index is 1.94. The summed E-state index contributed by atoms with van der Waals surface area (Å²) >= 11 is 0. The number of hydrogen-bond acceptors (Lipinski definition) is 5. The smallest absolute Gasteiger partial charge is 0.360 e. The first-order valence-corrected chi connectivity index (χ1v) is 6.05. The van der Waals surface area contributed by atoms with Crippen LogP contribution in [0.3, 0.4) is 0 Å². The van der Waals surface area contributed by atoms with Gasteiger partial charge in [-0.2, -0.15) is 0 Å². The molecule has 0 saturated carbocycles. The molecule has 1 amide bonds. The van der Waals surface area contributed by atoms with Crippen molar-refractivity contribution in [2.75, 3.05) is 5.73 Å². The van der Waals surface area contributed by atoms with Crippen molar-refractivity contribution in [3.63, 3.8) is 0 Å². The van der Waals surface area contributed by atoms with E-state index in [1.54, 1.807) is 0 Å².